The number of carbonyl (C=O) groups excluding carboxylic acids is 1. The minimum absolute atomic E-state index is 0.0124. The lowest BCUT2D eigenvalue weighted by Crippen LogP contribution is -2.55. The fourth-order valence-corrected chi connectivity index (χ4v) is 1.26. The van der Waals surface area contributed by atoms with Crippen LogP contribution in [0.2, 0.25) is 0 Å². The number of nitrogens with two attached hydrogens (primary N) is 1. The zero-order chi connectivity index (χ0) is 13.7. The van der Waals surface area contributed by atoms with Crippen LogP contribution in [0.3, 0.4) is 0 Å². The SMILES string of the molecule is CC(CO)CCCNC(=O)C(C)(C)C(C)(C)N. The van der Waals surface area contributed by atoms with Crippen LogP contribution in [0.5, 0.6) is 0 Å². The minimum atomic E-state index is -0.588. The molecule has 0 radical (unpaired) electrons. The Hall–Kier alpha value is -0.610. The molecule has 1 atom stereocenters. The highest BCUT2D eigenvalue weighted by molar-refractivity contribution is 5.83. The van der Waals surface area contributed by atoms with Gasteiger partial charge in [0, 0.05) is 18.7 Å². The first-order chi connectivity index (χ1) is 7.63. The smallest absolute Gasteiger partial charge is 0.227 e. The number of aliphatic hydroxyl groups is 1. The summed E-state index contributed by atoms with van der Waals surface area (Å²) < 4.78 is 0. The van der Waals surface area contributed by atoms with Crippen LogP contribution in [0.25, 0.3) is 0 Å². The Bertz CT molecular complexity index is 244. The van der Waals surface area contributed by atoms with Crippen LogP contribution in [0.1, 0.15) is 47.5 Å². The summed E-state index contributed by atoms with van der Waals surface area (Å²) in [6.07, 6.45) is 1.80. The molecular formula is C13H28N2O2. The number of hydrogen-bond donors (Lipinski definition) is 3. The number of carbonyl (C=O) groups is 1. The van der Waals surface area contributed by atoms with E-state index in [0.29, 0.717) is 12.5 Å². The monoisotopic (exact) mass is 244 g/mol. The zero-order valence-electron chi connectivity index (χ0n) is 11.8. The molecule has 0 aromatic heterocycles. The topological polar surface area (TPSA) is 75.3 Å². The summed E-state index contributed by atoms with van der Waals surface area (Å²) in [5, 5.41) is 11.8. The fourth-order valence-electron chi connectivity index (χ4n) is 1.26. The molecule has 0 aromatic rings. The van der Waals surface area contributed by atoms with Crippen LogP contribution in [0, 0.1) is 11.3 Å². The minimum Gasteiger partial charge on any atom is -0.396 e. The molecule has 4 heteroatoms. The summed E-state index contributed by atoms with van der Waals surface area (Å²) in [4.78, 5) is 12.0. The second kappa shape index (κ2) is 6.36. The van der Waals surface area contributed by atoms with E-state index in [2.05, 4.69) is 5.32 Å². The molecule has 0 bridgehead atoms. The van der Waals surface area contributed by atoms with Gasteiger partial charge < -0.3 is 16.2 Å². The van der Waals surface area contributed by atoms with Crippen LogP contribution >= 0.6 is 0 Å². The number of nitrogens with one attached hydrogen (secondary N) is 1. The lowest BCUT2D eigenvalue weighted by molar-refractivity contribution is -0.132. The predicted molar refractivity (Wildman–Crippen MR) is 70.5 cm³/mol. The van der Waals surface area contributed by atoms with Gasteiger partial charge in [-0.25, -0.2) is 0 Å². The van der Waals surface area contributed by atoms with E-state index in [1.54, 1.807) is 0 Å². The Kier molecular flexibility index (Phi) is 6.13. The van der Waals surface area contributed by atoms with E-state index in [1.807, 2.05) is 34.6 Å². The summed E-state index contributed by atoms with van der Waals surface area (Å²) in [5.74, 6) is 0.285. The van der Waals surface area contributed by atoms with E-state index in [1.165, 1.54) is 0 Å². The molecule has 0 fully saturated rings. The van der Waals surface area contributed by atoms with Gasteiger partial charge in [0.1, 0.15) is 0 Å². The Labute approximate surface area is 105 Å². The van der Waals surface area contributed by atoms with Crippen molar-refractivity contribution in [2.45, 2.75) is 53.0 Å². The molecule has 1 unspecified atom stereocenters. The van der Waals surface area contributed by atoms with Gasteiger partial charge in [0.15, 0.2) is 0 Å². The maximum absolute atomic E-state index is 12.0. The third-order valence-corrected chi connectivity index (χ3v) is 3.65. The second-order valence-corrected chi connectivity index (χ2v) is 6.03. The summed E-state index contributed by atoms with van der Waals surface area (Å²) in [6, 6.07) is 0. The van der Waals surface area contributed by atoms with Gasteiger partial charge in [-0.1, -0.05) is 6.92 Å². The molecule has 4 nitrogen and oxygen atoms in total. The number of amides is 1. The lowest BCUT2D eigenvalue weighted by atomic mass is 9.74. The Morgan fingerprint density at radius 3 is 2.29 bits per heavy atom. The van der Waals surface area contributed by atoms with Gasteiger partial charge in [0.05, 0.1) is 5.41 Å². The first kappa shape index (κ1) is 16.4. The molecule has 0 aliphatic heterocycles. The van der Waals surface area contributed by atoms with Crippen molar-refractivity contribution in [1.82, 2.24) is 5.32 Å². The second-order valence-electron chi connectivity index (χ2n) is 6.03. The molecule has 0 spiro atoms. The molecular weight excluding hydrogens is 216 g/mol. The van der Waals surface area contributed by atoms with Crippen LogP contribution in [-0.4, -0.2) is 29.7 Å². The van der Waals surface area contributed by atoms with E-state index in [9.17, 15) is 4.79 Å². The van der Waals surface area contributed by atoms with Gasteiger partial charge in [-0.3, -0.25) is 4.79 Å². The van der Waals surface area contributed by atoms with Gasteiger partial charge in [-0.05, 0) is 46.5 Å². The maximum atomic E-state index is 12.0. The van der Waals surface area contributed by atoms with Crippen LogP contribution in [0.15, 0.2) is 0 Å². The first-order valence-electron chi connectivity index (χ1n) is 6.31. The van der Waals surface area contributed by atoms with Gasteiger partial charge in [-0.15, -0.1) is 0 Å². The quantitative estimate of drug-likeness (QED) is 0.590. The van der Waals surface area contributed by atoms with Crippen molar-refractivity contribution in [3.05, 3.63) is 0 Å². The van der Waals surface area contributed by atoms with Crippen molar-refractivity contribution >= 4 is 5.91 Å². The van der Waals surface area contributed by atoms with E-state index < -0.39 is 11.0 Å². The molecule has 0 saturated heterocycles. The number of hydrogen-bond acceptors (Lipinski definition) is 3. The average molecular weight is 244 g/mol. The van der Waals surface area contributed by atoms with Gasteiger partial charge >= 0.3 is 0 Å². The van der Waals surface area contributed by atoms with Crippen molar-refractivity contribution in [3.63, 3.8) is 0 Å². The van der Waals surface area contributed by atoms with Crippen molar-refractivity contribution in [3.8, 4) is 0 Å². The standard InChI is InChI=1S/C13H28N2O2/c1-10(9-16)7-6-8-15-11(17)12(2,3)13(4,5)14/h10,16H,6-9,14H2,1-5H3,(H,15,17). The first-order valence-corrected chi connectivity index (χ1v) is 6.31. The Morgan fingerprint density at radius 2 is 1.88 bits per heavy atom. The molecule has 0 saturated carbocycles. The summed E-state index contributed by atoms with van der Waals surface area (Å²) >= 11 is 0. The Morgan fingerprint density at radius 1 is 1.35 bits per heavy atom. The third kappa shape index (κ3) is 5.04. The molecule has 0 aromatic carbocycles. The lowest BCUT2D eigenvalue weighted by Gasteiger charge is -2.36. The van der Waals surface area contributed by atoms with E-state index in [0.717, 1.165) is 12.8 Å². The Balaban J connectivity index is 4.03. The predicted octanol–water partition coefficient (Wildman–Crippen LogP) is 1.27. The molecule has 102 valence electrons. The molecule has 1 amide bonds. The van der Waals surface area contributed by atoms with Gasteiger partial charge in [0.2, 0.25) is 5.91 Å². The normalized spacial score (nSPS) is 14.5. The van der Waals surface area contributed by atoms with E-state index in [4.69, 9.17) is 10.8 Å². The van der Waals surface area contributed by atoms with Crippen LogP contribution < -0.4 is 11.1 Å². The highest BCUT2D eigenvalue weighted by Crippen LogP contribution is 2.28. The molecule has 17 heavy (non-hydrogen) atoms. The molecule has 0 aliphatic carbocycles. The maximum Gasteiger partial charge on any atom is 0.227 e. The highest BCUT2D eigenvalue weighted by atomic mass is 16.3. The molecule has 0 heterocycles. The van der Waals surface area contributed by atoms with Crippen LogP contribution in [0.4, 0.5) is 0 Å². The highest BCUT2D eigenvalue weighted by Gasteiger charge is 2.40. The fraction of sp³-hybridized carbons (Fsp3) is 0.923. The average Bonchev–Trinajstić information content (AvgIpc) is 2.21. The zero-order valence-corrected chi connectivity index (χ0v) is 11.8. The van der Waals surface area contributed by atoms with Crippen LogP contribution in [-0.2, 0) is 4.79 Å². The molecule has 0 aliphatic rings. The van der Waals surface area contributed by atoms with Crippen molar-refractivity contribution in [2.75, 3.05) is 13.2 Å². The van der Waals surface area contributed by atoms with E-state index in [-0.39, 0.29) is 12.5 Å². The van der Waals surface area contributed by atoms with Crippen molar-refractivity contribution < 1.29 is 9.90 Å². The van der Waals surface area contributed by atoms with E-state index >= 15 is 0 Å². The number of aliphatic hydroxyl groups excluding tert-OH is 1. The molecule has 4 N–H and O–H groups in total. The summed E-state index contributed by atoms with van der Waals surface area (Å²) in [7, 11) is 0. The number of rotatable bonds is 7. The van der Waals surface area contributed by atoms with Crippen molar-refractivity contribution in [2.24, 2.45) is 17.1 Å². The van der Waals surface area contributed by atoms with Gasteiger partial charge in [0.25, 0.3) is 0 Å². The van der Waals surface area contributed by atoms with Crippen molar-refractivity contribution in [1.29, 1.82) is 0 Å². The molecule has 0 rings (SSSR count). The third-order valence-electron chi connectivity index (χ3n) is 3.65. The summed E-state index contributed by atoms with van der Waals surface area (Å²) in [5.41, 5.74) is 4.86. The largest absolute Gasteiger partial charge is 0.396 e. The summed E-state index contributed by atoms with van der Waals surface area (Å²) in [6.45, 7) is 10.3. The van der Waals surface area contributed by atoms with Gasteiger partial charge in [-0.2, -0.15) is 0 Å².